The Morgan fingerprint density at radius 1 is 1.09 bits per heavy atom. The lowest BCUT2D eigenvalue weighted by molar-refractivity contribution is -0.133. The molecule has 0 spiro atoms. The summed E-state index contributed by atoms with van der Waals surface area (Å²) in [5.74, 6) is 0.271. The fourth-order valence-corrected chi connectivity index (χ4v) is 2.67. The molecular weight excluding hydrogens is 278 g/mol. The number of amides is 2. The van der Waals surface area contributed by atoms with Crippen LogP contribution in [0.15, 0.2) is 30.3 Å². The van der Waals surface area contributed by atoms with Gasteiger partial charge in [-0.1, -0.05) is 30.3 Å². The van der Waals surface area contributed by atoms with E-state index in [4.69, 9.17) is 0 Å². The van der Waals surface area contributed by atoms with Gasteiger partial charge in [-0.05, 0) is 18.9 Å². The third-order valence-electron chi connectivity index (χ3n) is 3.94. The summed E-state index contributed by atoms with van der Waals surface area (Å²) < 4.78 is 0. The second-order valence-corrected chi connectivity index (χ2v) is 5.60. The number of piperazine rings is 1. The van der Waals surface area contributed by atoms with Gasteiger partial charge in [-0.2, -0.15) is 0 Å². The Bertz CT molecular complexity index is 482. The van der Waals surface area contributed by atoms with Gasteiger partial charge in [0.2, 0.25) is 11.8 Å². The van der Waals surface area contributed by atoms with Crippen LogP contribution in [0, 0.1) is 0 Å². The molecule has 1 fully saturated rings. The summed E-state index contributed by atoms with van der Waals surface area (Å²) in [6.07, 6.45) is 1.35. The molecule has 0 radical (unpaired) electrons. The molecule has 1 saturated heterocycles. The summed E-state index contributed by atoms with van der Waals surface area (Å²) in [4.78, 5) is 27.8. The second-order valence-electron chi connectivity index (χ2n) is 5.60. The number of carbonyl (C=O) groups is 2. The molecule has 5 heteroatoms. The van der Waals surface area contributed by atoms with E-state index in [-0.39, 0.29) is 11.8 Å². The third-order valence-corrected chi connectivity index (χ3v) is 3.94. The van der Waals surface area contributed by atoms with Crippen LogP contribution >= 0.6 is 0 Å². The lowest BCUT2D eigenvalue weighted by Crippen LogP contribution is -2.51. The Labute approximate surface area is 132 Å². The van der Waals surface area contributed by atoms with Gasteiger partial charge in [0.1, 0.15) is 0 Å². The first-order valence-corrected chi connectivity index (χ1v) is 7.99. The van der Waals surface area contributed by atoms with E-state index in [2.05, 4.69) is 22.3 Å². The number of nitrogens with zero attached hydrogens (tertiary/aromatic N) is 2. The van der Waals surface area contributed by atoms with E-state index in [1.165, 1.54) is 5.56 Å². The number of aryl methyl sites for hydroxylation is 1. The van der Waals surface area contributed by atoms with E-state index in [0.29, 0.717) is 32.6 Å². The van der Waals surface area contributed by atoms with Crippen LogP contribution in [0.4, 0.5) is 0 Å². The van der Waals surface area contributed by atoms with E-state index < -0.39 is 0 Å². The van der Waals surface area contributed by atoms with Crippen LogP contribution in [-0.2, 0) is 16.0 Å². The van der Waals surface area contributed by atoms with Gasteiger partial charge in [0, 0.05) is 39.1 Å². The Morgan fingerprint density at radius 2 is 1.77 bits per heavy atom. The predicted molar refractivity (Wildman–Crippen MR) is 86.5 cm³/mol. The van der Waals surface area contributed by atoms with Crippen LogP contribution in [0.5, 0.6) is 0 Å². The molecule has 1 aromatic rings. The van der Waals surface area contributed by atoms with Crippen LogP contribution in [0.2, 0.25) is 0 Å². The van der Waals surface area contributed by atoms with Crippen molar-refractivity contribution in [3.63, 3.8) is 0 Å². The minimum Gasteiger partial charge on any atom is -0.355 e. The molecule has 0 bridgehead atoms. The fourth-order valence-electron chi connectivity index (χ4n) is 2.67. The topological polar surface area (TPSA) is 52.7 Å². The minimum atomic E-state index is 0.0614. The smallest absolute Gasteiger partial charge is 0.234 e. The molecular formula is C17H25N3O2. The monoisotopic (exact) mass is 303 g/mol. The summed E-state index contributed by atoms with van der Waals surface area (Å²) >= 11 is 0. The highest BCUT2D eigenvalue weighted by atomic mass is 16.2. The zero-order valence-electron chi connectivity index (χ0n) is 13.3. The van der Waals surface area contributed by atoms with Crippen LogP contribution < -0.4 is 5.32 Å². The molecule has 1 heterocycles. The van der Waals surface area contributed by atoms with E-state index in [1.807, 2.05) is 30.0 Å². The van der Waals surface area contributed by atoms with Crippen LogP contribution in [0.25, 0.3) is 0 Å². The van der Waals surface area contributed by atoms with Crippen molar-refractivity contribution in [2.45, 2.75) is 19.8 Å². The molecule has 0 aliphatic carbocycles. The summed E-state index contributed by atoms with van der Waals surface area (Å²) in [6.45, 7) is 5.99. The highest BCUT2D eigenvalue weighted by molar-refractivity contribution is 5.78. The maximum absolute atomic E-state index is 12.2. The summed E-state index contributed by atoms with van der Waals surface area (Å²) in [5, 5.41) is 2.80. The van der Waals surface area contributed by atoms with Crippen molar-refractivity contribution in [2.24, 2.45) is 0 Å². The molecule has 1 N–H and O–H groups in total. The highest BCUT2D eigenvalue weighted by Crippen LogP contribution is 2.07. The molecule has 5 nitrogen and oxygen atoms in total. The standard InChI is InChI=1S/C17H25N3O2/c1-2-18-16(21)14-19-10-12-20(13-11-19)17(22)9-8-15-6-4-3-5-7-15/h3-7H,2,8-14H2,1H3,(H,18,21). The molecule has 1 aliphatic heterocycles. The zero-order chi connectivity index (χ0) is 15.8. The predicted octanol–water partition coefficient (Wildman–Crippen LogP) is 0.900. The lowest BCUT2D eigenvalue weighted by Gasteiger charge is -2.34. The molecule has 2 rings (SSSR count). The first-order valence-electron chi connectivity index (χ1n) is 7.99. The number of rotatable bonds is 6. The number of likely N-dealkylation sites (N-methyl/N-ethyl adjacent to an activating group) is 1. The van der Waals surface area contributed by atoms with Crippen LogP contribution in [0.1, 0.15) is 18.9 Å². The Morgan fingerprint density at radius 3 is 2.41 bits per heavy atom. The first kappa shape index (κ1) is 16.5. The summed E-state index contributed by atoms with van der Waals surface area (Å²) in [5.41, 5.74) is 1.20. The zero-order valence-corrected chi connectivity index (χ0v) is 13.3. The number of benzene rings is 1. The average Bonchev–Trinajstić information content (AvgIpc) is 2.54. The van der Waals surface area contributed by atoms with Crippen molar-refractivity contribution in [1.82, 2.24) is 15.1 Å². The minimum absolute atomic E-state index is 0.0614. The molecule has 0 saturated carbocycles. The lowest BCUT2D eigenvalue weighted by atomic mass is 10.1. The Hall–Kier alpha value is -1.88. The third kappa shape index (κ3) is 5.15. The van der Waals surface area contributed by atoms with E-state index in [1.54, 1.807) is 0 Å². The van der Waals surface area contributed by atoms with Gasteiger partial charge in [-0.3, -0.25) is 14.5 Å². The normalized spacial score (nSPS) is 15.6. The first-order chi connectivity index (χ1) is 10.7. The number of hydrogen-bond donors (Lipinski definition) is 1. The molecule has 0 unspecified atom stereocenters. The van der Waals surface area contributed by atoms with Gasteiger partial charge in [0.25, 0.3) is 0 Å². The van der Waals surface area contributed by atoms with Crippen molar-refractivity contribution >= 4 is 11.8 Å². The average molecular weight is 303 g/mol. The maximum Gasteiger partial charge on any atom is 0.234 e. The Balaban J connectivity index is 1.69. The molecule has 22 heavy (non-hydrogen) atoms. The summed E-state index contributed by atoms with van der Waals surface area (Å²) in [6, 6.07) is 10.1. The molecule has 0 aromatic heterocycles. The van der Waals surface area contributed by atoms with Crippen molar-refractivity contribution in [3.05, 3.63) is 35.9 Å². The quantitative estimate of drug-likeness (QED) is 0.849. The van der Waals surface area contributed by atoms with E-state index in [9.17, 15) is 9.59 Å². The van der Waals surface area contributed by atoms with Crippen LogP contribution in [-0.4, -0.2) is 60.9 Å². The van der Waals surface area contributed by atoms with Crippen molar-refractivity contribution in [3.8, 4) is 0 Å². The number of hydrogen-bond acceptors (Lipinski definition) is 3. The van der Waals surface area contributed by atoms with Crippen molar-refractivity contribution < 1.29 is 9.59 Å². The molecule has 2 amide bonds. The molecule has 1 aromatic carbocycles. The summed E-state index contributed by atoms with van der Waals surface area (Å²) in [7, 11) is 0. The van der Waals surface area contributed by atoms with E-state index >= 15 is 0 Å². The van der Waals surface area contributed by atoms with Gasteiger partial charge < -0.3 is 10.2 Å². The van der Waals surface area contributed by atoms with Crippen molar-refractivity contribution in [2.75, 3.05) is 39.3 Å². The van der Waals surface area contributed by atoms with Gasteiger partial charge in [0.15, 0.2) is 0 Å². The van der Waals surface area contributed by atoms with Gasteiger partial charge in [-0.25, -0.2) is 0 Å². The van der Waals surface area contributed by atoms with Gasteiger partial charge in [-0.15, -0.1) is 0 Å². The number of carbonyl (C=O) groups excluding carboxylic acids is 2. The largest absolute Gasteiger partial charge is 0.355 e. The van der Waals surface area contributed by atoms with E-state index in [0.717, 1.165) is 19.5 Å². The maximum atomic E-state index is 12.2. The van der Waals surface area contributed by atoms with Crippen molar-refractivity contribution in [1.29, 1.82) is 0 Å². The molecule has 120 valence electrons. The fraction of sp³-hybridized carbons (Fsp3) is 0.529. The number of nitrogens with one attached hydrogen (secondary N) is 1. The molecule has 0 atom stereocenters. The second kappa shape index (κ2) is 8.54. The van der Waals surface area contributed by atoms with Gasteiger partial charge in [0.05, 0.1) is 6.54 Å². The van der Waals surface area contributed by atoms with Gasteiger partial charge >= 0.3 is 0 Å². The highest BCUT2D eigenvalue weighted by Gasteiger charge is 2.21. The SMILES string of the molecule is CCNC(=O)CN1CCN(C(=O)CCc2ccccc2)CC1. The Kier molecular flexibility index (Phi) is 6.40. The molecule has 1 aliphatic rings. The van der Waals surface area contributed by atoms with Crippen LogP contribution in [0.3, 0.4) is 0 Å².